The van der Waals surface area contributed by atoms with Crippen LogP contribution in [0.3, 0.4) is 0 Å². The van der Waals surface area contributed by atoms with Crippen LogP contribution in [0.4, 0.5) is 0 Å². The summed E-state index contributed by atoms with van der Waals surface area (Å²) in [5.74, 6) is 0.793. The largest absolute Gasteiger partial charge is 0.312 e. The van der Waals surface area contributed by atoms with E-state index in [0.29, 0.717) is 6.04 Å². The molecular formula is C14H24ClN3. The summed E-state index contributed by atoms with van der Waals surface area (Å²) in [5.41, 5.74) is 1.08. The minimum Gasteiger partial charge on any atom is -0.312 e. The maximum absolute atomic E-state index is 6.07. The molecule has 1 saturated carbocycles. The summed E-state index contributed by atoms with van der Waals surface area (Å²) in [5, 5.41) is 8.78. The molecule has 0 spiro atoms. The highest BCUT2D eigenvalue weighted by Crippen LogP contribution is 2.27. The number of aromatic nitrogens is 2. The number of halogens is 1. The molecule has 1 N–H and O–H groups in total. The quantitative estimate of drug-likeness (QED) is 0.888. The minimum atomic E-state index is 0.532. The van der Waals surface area contributed by atoms with Gasteiger partial charge in [0.05, 0.1) is 23.5 Å². The van der Waals surface area contributed by atoms with Gasteiger partial charge in [-0.2, -0.15) is 5.10 Å². The molecule has 18 heavy (non-hydrogen) atoms. The number of likely N-dealkylation sites (N-methyl/N-ethyl adjacent to an activating group) is 1. The van der Waals surface area contributed by atoms with Gasteiger partial charge in [0, 0.05) is 6.04 Å². The number of hydrogen-bond acceptors (Lipinski definition) is 2. The van der Waals surface area contributed by atoms with Gasteiger partial charge in [-0.05, 0) is 32.2 Å². The van der Waals surface area contributed by atoms with Crippen LogP contribution < -0.4 is 5.32 Å². The number of rotatable bonds is 5. The Morgan fingerprint density at radius 2 is 2.17 bits per heavy atom. The molecule has 0 saturated heterocycles. The fourth-order valence-corrected chi connectivity index (χ4v) is 3.11. The second kappa shape index (κ2) is 6.58. The van der Waals surface area contributed by atoms with Crippen LogP contribution in [-0.2, 0) is 6.54 Å². The smallest absolute Gasteiger partial charge is 0.0814 e. The minimum absolute atomic E-state index is 0.532. The third-order valence-electron chi connectivity index (χ3n) is 4.10. The SMILES string of the molecule is CCNC(Cn1ncc(Cl)c1C)C1CCCCC1. The van der Waals surface area contributed by atoms with E-state index in [4.69, 9.17) is 11.6 Å². The Morgan fingerprint density at radius 3 is 2.72 bits per heavy atom. The van der Waals surface area contributed by atoms with Crippen LogP contribution in [0.2, 0.25) is 5.02 Å². The lowest BCUT2D eigenvalue weighted by Crippen LogP contribution is -2.41. The molecule has 0 aromatic carbocycles. The first-order chi connectivity index (χ1) is 8.72. The summed E-state index contributed by atoms with van der Waals surface area (Å²) in [6, 6.07) is 0.532. The van der Waals surface area contributed by atoms with Crippen molar-refractivity contribution >= 4 is 11.6 Å². The predicted molar refractivity (Wildman–Crippen MR) is 76.0 cm³/mol. The van der Waals surface area contributed by atoms with Gasteiger partial charge in [-0.3, -0.25) is 4.68 Å². The fraction of sp³-hybridized carbons (Fsp3) is 0.786. The summed E-state index contributed by atoms with van der Waals surface area (Å²) < 4.78 is 2.05. The molecule has 1 aromatic rings. The number of hydrogen-bond donors (Lipinski definition) is 1. The van der Waals surface area contributed by atoms with Crippen molar-refractivity contribution in [3.8, 4) is 0 Å². The summed E-state index contributed by atoms with van der Waals surface area (Å²) in [4.78, 5) is 0. The molecule has 102 valence electrons. The zero-order valence-electron chi connectivity index (χ0n) is 11.5. The van der Waals surface area contributed by atoms with Crippen molar-refractivity contribution in [2.45, 2.75) is 58.5 Å². The molecule has 1 aliphatic carbocycles. The summed E-state index contributed by atoms with van der Waals surface area (Å²) in [7, 11) is 0. The van der Waals surface area contributed by atoms with Gasteiger partial charge in [0.1, 0.15) is 0 Å². The van der Waals surface area contributed by atoms with Crippen molar-refractivity contribution in [2.75, 3.05) is 6.54 Å². The van der Waals surface area contributed by atoms with Gasteiger partial charge in [0.15, 0.2) is 0 Å². The Morgan fingerprint density at radius 1 is 1.44 bits per heavy atom. The predicted octanol–water partition coefficient (Wildman–Crippen LogP) is 3.40. The molecule has 0 bridgehead atoms. The van der Waals surface area contributed by atoms with Crippen molar-refractivity contribution in [1.29, 1.82) is 0 Å². The van der Waals surface area contributed by atoms with Gasteiger partial charge in [0.2, 0.25) is 0 Å². The molecule has 1 unspecified atom stereocenters. The first kappa shape index (κ1) is 13.9. The molecule has 1 heterocycles. The van der Waals surface area contributed by atoms with E-state index in [1.807, 2.05) is 11.6 Å². The van der Waals surface area contributed by atoms with E-state index in [2.05, 4.69) is 17.3 Å². The van der Waals surface area contributed by atoms with Crippen LogP contribution >= 0.6 is 11.6 Å². The molecule has 1 aliphatic rings. The van der Waals surface area contributed by atoms with Crippen molar-refractivity contribution in [3.05, 3.63) is 16.9 Å². The molecule has 2 rings (SSSR count). The third-order valence-corrected chi connectivity index (χ3v) is 4.47. The maximum atomic E-state index is 6.07. The maximum Gasteiger partial charge on any atom is 0.0814 e. The Balaban J connectivity index is 2.03. The second-order valence-electron chi connectivity index (χ2n) is 5.32. The summed E-state index contributed by atoms with van der Waals surface area (Å²) >= 11 is 6.07. The van der Waals surface area contributed by atoms with Crippen LogP contribution in [0.25, 0.3) is 0 Å². The van der Waals surface area contributed by atoms with E-state index >= 15 is 0 Å². The van der Waals surface area contributed by atoms with E-state index in [-0.39, 0.29) is 0 Å². The van der Waals surface area contributed by atoms with Gasteiger partial charge < -0.3 is 5.32 Å². The molecule has 0 amide bonds. The standard InChI is InChI=1S/C14H24ClN3/c1-3-16-14(12-7-5-4-6-8-12)10-18-11(2)13(15)9-17-18/h9,12,14,16H,3-8,10H2,1-2H3. The average Bonchev–Trinajstić information content (AvgIpc) is 2.71. The van der Waals surface area contributed by atoms with Crippen molar-refractivity contribution < 1.29 is 0 Å². The van der Waals surface area contributed by atoms with Gasteiger partial charge in [-0.1, -0.05) is 37.8 Å². The normalized spacial score (nSPS) is 19.1. The van der Waals surface area contributed by atoms with Gasteiger partial charge in [-0.15, -0.1) is 0 Å². The summed E-state index contributed by atoms with van der Waals surface area (Å²) in [6.45, 7) is 6.18. The second-order valence-corrected chi connectivity index (χ2v) is 5.73. The van der Waals surface area contributed by atoms with E-state index in [1.54, 1.807) is 6.20 Å². The monoisotopic (exact) mass is 269 g/mol. The lowest BCUT2D eigenvalue weighted by molar-refractivity contribution is 0.244. The first-order valence-corrected chi connectivity index (χ1v) is 7.51. The Kier molecular flexibility index (Phi) is 5.07. The van der Waals surface area contributed by atoms with Crippen LogP contribution in [0.5, 0.6) is 0 Å². The third kappa shape index (κ3) is 3.27. The number of nitrogens with one attached hydrogen (secondary N) is 1. The molecule has 4 heteroatoms. The van der Waals surface area contributed by atoms with Crippen molar-refractivity contribution in [2.24, 2.45) is 5.92 Å². The Labute approximate surface area is 115 Å². The molecule has 0 radical (unpaired) electrons. The lowest BCUT2D eigenvalue weighted by atomic mass is 9.84. The zero-order chi connectivity index (χ0) is 13.0. The van der Waals surface area contributed by atoms with Crippen LogP contribution in [0.1, 0.15) is 44.7 Å². The van der Waals surface area contributed by atoms with Gasteiger partial charge in [0.25, 0.3) is 0 Å². The van der Waals surface area contributed by atoms with E-state index in [0.717, 1.165) is 29.7 Å². The van der Waals surface area contributed by atoms with Crippen LogP contribution in [-0.4, -0.2) is 22.4 Å². The van der Waals surface area contributed by atoms with Crippen LogP contribution in [0, 0.1) is 12.8 Å². The molecule has 1 aromatic heterocycles. The molecule has 3 nitrogen and oxygen atoms in total. The van der Waals surface area contributed by atoms with E-state index in [1.165, 1.54) is 32.1 Å². The summed E-state index contributed by atoms with van der Waals surface area (Å²) in [6.07, 6.45) is 8.62. The average molecular weight is 270 g/mol. The lowest BCUT2D eigenvalue weighted by Gasteiger charge is -2.31. The van der Waals surface area contributed by atoms with Gasteiger partial charge >= 0.3 is 0 Å². The molecule has 1 atom stereocenters. The highest BCUT2D eigenvalue weighted by Gasteiger charge is 2.24. The van der Waals surface area contributed by atoms with Crippen LogP contribution in [0.15, 0.2) is 6.20 Å². The highest BCUT2D eigenvalue weighted by molar-refractivity contribution is 6.31. The Bertz CT molecular complexity index is 369. The molecular weight excluding hydrogens is 246 g/mol. The van der Waals surface area contributed by atoms with Crippen molar-refractivity contribution in [3.63, 3.8) is 0 Å². The molecule has 0 aliphatic heterocycles. The number of nitrogens with zero attached hydrogens (tertiary/aromatic N) is 2. The van der Waals surface area contributed by atoms with Crippen molar-refractivity contribution in [1.82, 2.24) is 15.1 Å². The van der Waals surface area contributed by atoms with E-state index < -0.39 is 0 Å². The first-order valence-electron chi connectivity index (χ1n) is 7.13. The highest BCUT2D eigenvalue weighted by atomic mass is 35.5. The topological polar surface area (TPSA) is 29.9 Å². The zero-order valence-corrected chi connectivity index (χ0v) is 12.2. The van der Waals surface area contributed by atoms with Gasteiger partial charge in [-0.25, -0.2) is 0 Å². The van der Waals surface area contributed by atoms with E-state index in [9.17, 15) is 0 Å². The fourth-order valence-electron chi connectivity index (χ4n) is 2.97. The molecule has 1 fully saturated rings. The Hall–Kier alpha value is -0.540.